The van der Waals surface area contributed by atoms with Crippen molar-refractivity contribution in [2.24, 2.45) is 0 Å². The second-order valence-electron chi connectivity index (χ2n) is 3.55. The summed E-state index contributed by atoms with van der Waals surface area (Å²) in [5.74, 6) is 1.04. The van der Waals surface area contributed by atoms with E-state index in [1.165, 1.54) is 6.26 Å². The molecular formula is C11H16ClNO3. The maximum absolute atomic E-state index is 11.7. The minimum atomic E-state index is -0.163. The van der Waals surface area contributed by atoms with Crippen molar-refractivity contribution in [3.8, 4) is 0 Å². The summed E-state index contributed by atoms with van der Waals surface area (Å²) < 4.78 is 10.1. The molecule has 1 rings (SSSR count). The van der Waals surface area contributed by atoms with Crippen LogP contribution in [0, 0.1) is 6.92 Å². The summed E-state index contributed by atoms with van der Waals surface area (Å²) >= 11 is 5.64. The van der Waals surface area contributed by atoms with Gasteiger partial charge >= 0.3 is 0 Å². The van der Waals surface area contributed by atoms with Crippen molar-refractivity contribution >= 4 is 17.5 Å². The Morgan fingerprint density at radius 3 is 2.94 bits per heavy atom. The Labute approximate surface area is 99.9 Å². The van der Waals surface area contributed by atoms with E-state index in [0.717, 1.165) is 0 Å². The summed E-state index contributed by atoms with van der Waals surface area (Å²) in [5, 5.41) is 2.84. The highest BCUT2D eigenvalue weighted by atomic mass is 35.5. The van der Waals surface area contributed by atoms with E-state index in [-0.39, 0.29) is 11.9 Å². The highest BCUT2D eigenvalue weighted by Crippen LogP contribution is 2.07. The van der Waals surface area contributed by atoms with Crippen LogP contribution in [0.5, 0.6) is 0 Å². The molecule has 1 unspecified atom stereocenters. The van der Waals surface area contributed by atoms with Gasteiger partial charge in [0.25, 0.3) is 5.91 Å². The maximum Gasteiger partial charge on any atom is 0.254 e. The minimum Gasteiger partial charge on any atom is -0.469 e. The predicted octanol–water partition coefficient (Wildman–Crippen LogP) is 1.96. The number of hydrogen-bond donors (Lipinski definition) is 1. The lowest BCUT2D eigenvalue weighted by molar-refractivity contribution is 0.0894. The van der Waals surface area contributed by atoms with Gasteiger partial charge in [-0.3, -0.25) is 4.79 Å². The number of halogens is 1. The molecule has 16 heavy (non-hydrogen) atoms. The average molecular weight is 246 g/mol. The smallest absolute Gasteiger partial charge is 0.254 e. The Hall–Kier alpha value is -1.00. The van der Waals surface area contributed by atoms with E-state index >= 15 is 0 Å². The molecule has 4 nitrogen and oxygen atoms in total. The first kappa shape index (κ1) is 13.1. The normalized spacial score (nSPS) is 12.4. The van der Waals surface area contributed by atoms with Crippen molar-refractivity contribution in [2.75, 3.05) is 19.6 Å². The highest BCUT2D eigenvalue weighted by Gasteiger charge is 2.14. The van der Waals surface area contributed by atoms with Crippen molar-refractivity contribution in [3.05, 3.63) is 23.7 Å². The Morgan fingerprint density at radius 1 is 1.69 bits per heavy atom. The van der Waals surface area contributed by atoms with E-state index in [4.69, 9.17) is 20.8 Å². The van der Waals surface area contributed by atoms with Gasteiger partial charge in [0.1, 0.15) is 12.0 Å². The predicted molar refractivity (Wildman–Crippen MR) is 61.9 cm³/mol. The number of nitrogens with one attached hydrogen (secondary N) is 1. The molecule has 0 aromatic carbocycles. The molecule has 0 fully saturated rings. The third-order valence-electron chi connectivity index (χ3n) is 2.15. The average Bonchev–Trinajstić information content (AvgIpc) is 2.65. The zero-order valence-corrected chi connectivity index (χ0v) is 10.2. The van der Waals surface area contributed by atoms with Gasteiger partial charge in [0.2, 0.25) is 0 Å². The molecule has 1 aromatic heterocycles. The van der Waals surface area contributed by atoms with E-state index in [1.807, 2.05) is 0 Å². The van der Waals surface area contributed by atoms with Gasteiger partial charge in [0, 0.05) is 13.0 Å². The number of furan rings is 1. The van der Waals surface area contributed by atoms with Crippen LogP contribution in [0.4, 0.5) is 0 Å². The number of hydrogen-bond acceptors (Lipinski definition) is 3. The fourth-order valence-electron chi connectivity index (χ4n) is 1.36. The van der Waals surface area contributed by atoms with Crippen LogP contribution < -0.4 is 5.32 Å². The number of carbonyl (C=O) groups is 1. The summed E-state index contributed by atoms with van der Waals surface area (Å²) in [6.45, 7) is 2.25. The number of amides is 1. The third-order valence-corrected chi connectivity index (χ3v) is 2.37. The van der Waals surface area contributed by atoms with Gasteiger partial charge in [-0.05, 0) is 19.4 Å². The standard InChI is InChI=1S/C11H16ClNO3/c1-8-5-9(6-16-8)11(14)13-10(3-4-12)7-15-2/h5-6,10H,3-4,7H2,1-2H3,(H,13,14). The second kappa shape index (κ2) is 6.55. The number of carbonyl (C=O) groups excluding carboxylic acids is 1. The van der Waals surface area contributed by atoms with Crippen LogP contribution in [0.1, 0.15) is 22.5 Å². The zero-order chi connectivity index (χ0) is 12.0. The van der Waals surface area contributed by atoms with E-state index in [0.29, 0.717) is 30.2 Å². The lowest BCUT2D eigenvalue weighted by atomic mass is 10.2. The van der Waals surface area contributed by atoms with Gasteiger partial charge in [0.05, 0.1) is 18.2 Å². The number of rotatable bonds is 6. The van der Waals surface area contributed by atoms with Crippen molar-refractivity contribution in [3.63, 3.8) is 0 Å². The number of methoxy groups -OCH3 is 1. The van der Waals surface area contributed by atoms with Crippen LogP contribution in [0.2, 0.25) is 0 Å². The van der Waals surface area contributed by atoms with Gasteiger partial charge in [0.15, 0.2) is 0 Å². The van der Waals surface area contributed by atoms with Crippen molar-refractivity contribution in [1.82, 2.24) is 5.32 Å². The molecule has 1 heterocycles. The Balaban J connectivity index is 2.54. The molecule has 0 aliphatic rings. The van der Waals surface area contributed by atoms with Gasteiger partial charge in [-0.25, -0.2) is 0 Å². The third kappa shape index (κ3) is 3.87. The van der Waals surface area contributed by atoms with Gasteiger partial charge in [-0.2, -0.15) is 0 Å². The lowest BCUT2D eigenvalue weighted by Crippen LogP contribution is -2.38. The quantitative estimate of drug-likeness (QED) is 0.780. The largest absolute Gasteiger partial charge is 0.469 e. The molecule has 0 saturated carbocycles. The monoisotopic (exact) mass is 245 g/mol. The number of ether oxygens (including phenoxy) is 1. The van der Waals surface area contributed by atoms with E-state index in [9.17, 15) is 4.79 Å². The summed E-state index contributed by atoms with van der Waals surface area (Å²) in [6.07, 6.45) is 2.12. The SMILES string of the molecule is COCC(CCCl)NC(=O)c1coc(C)c1. The Morgan fingerprint density at radius 2 is 2.44 bits per heavy atom. The molecule has 1 atom stereocenters. The van der Waals surface area contributed by atoms with Crippen LogP contribution in [0.25, 0.3) is 0 Å². The number of alkyl halides is 1. The van der Waals surface area contributed by atoms with Crippen molar-refractivity contribution < 1.29 is 13.9 Å². The molecule has 0 aliphatic carbocycles. The fourth-order valence-corrected chi connectivity index (χ4v) is 1.62. The van der Waals surface area contributed by atoms with Gasteiger partial charge < -0.3 is 14.5 Å². The van der Waals surface area contributed by atoms with Crippen LogP contribution in [0.3, 0.4) is 0 Å². The lowest BCUT2D eigenvalue weighted by Gasteiger charge is -2.15. The summed E-state index contributed by atoms with van der Waals surface area (Å²) in [5.41, 5.74) is 0.521. The van der Waals surface area contributed by atoms with Crippen LogP contribution in [0.15, 0.2) is 16.7 Å². The van der Waals surface area contributed by atoms with E-state index in [2.05, 4.69) is 5.32 Å². The molecular weight excluding hydrogens is 230 g/mol. The van der Waals surface area contributed by atoms with E-state index < -0.39 is 0 Å². The Bertz CT molecular complexity index is 332. The molecule has 0 spiro atoms. The summed E-state index contributed by atoms with van der Waals surface area (Å²) in [6, 6.07) is 1.63. The zero-order valence-electron chi connectivity index (χ0n) is 9.46. The molecule has 0 bridgehead atoms. The first-order valence-corrected chi connectivity index (χ1v) is 5.61. The van der Waals surface area contributed by atoms with Crippen molar-refractivity contribution in [2.45, 2.75) is 19.4 Å². The first-order valence-electron chi connectivity index (χ1n) is 5.08. The summed E-state index contributed by atoms with van der Waals surface area (Å²) in [7, 11) is 1.59. The molecule has 0 radical (unpaired) electrons. The highest BCUT2D eigenvalue weighted by molar-refractivity contribution is 6.17. The molecule has 1 amide bonds. The minimum absolute atomic E-state index is 0.0646. The first-order chi connectivity index (χ1) is 7.67. The fraction of sp³-hybridized carbons (Fsp3) is 0.545. The maximum atomic E-state index is 11.7. The molecule has 1 N–H and O–H groups in total. The number of aryl methyl sites for hydroxylation is 1. The molecule has 0 saturated heterocycles. The molecule has 90 valence electrons. The van der Waals surface area contributed by atoms with Gasteiger partial charge in [-0.15, -0.1) is 11.6 Å². The van der Waals surface area contributed by atoms with Crippen LogP contribution >= 0.6 is 11.6 Å². The molecule has 1 aromatic rings. The summed E-state index contributed by atoms with van der Waals surface area (Å²) in [4.78, 5) is 11.7. The second-order valence-corrected chi connectivity index (χ2v) is 3.93. The van der Waals surface area contributed by atoms with Crippen LogP contribution in [-0.4, -0.2) is 31.5 Å². The topological polar surface area (TPSA) is 51.5 Å². The van der Waals surface area contributed by atoms with Crippen LogP contribution in [-0.2, 0) is 4.74 Å². The molecule has 5 heteroatoms. The Kier molecular flexibility index (Phi) is 5.35. The van der Waals surface area contributed by atoms with Gasteiger partial charge in [-0.1, -0.05) is 0 Å². The van der Waals surface area contributed by atoms with Crippen molar-refractivity contribution in [1.29, 1.82) is 0 Å². The van der Waals surface area contributed by atoms with E-state index in [1.54, 1.807) is 20.1 Å². The molecule has 0 aliphatic heterocycles.